The van der Waals surface area contributed by atoms with Crippen molar-refractivity contribution in [3.05, 3.63) is 59.0 Å². The van der Waals surface area contributed by atoms with Crippen molar-refractivity contribution in [3.8, 4) is 0 Å². The van der Waals surface area contributed by atoms with Crippen molar-refractivity contribution in [2.75, 3.05) is 11.9 Å². The lowest BCUT2D eigenvalue weighted by atomic mass is 10.2. The Balaban J connectivity index is 2.11. The Morgan fingerprint density at radius 2 is 1.73 bits per heavy atom. The van der Waals surface area contributed by atoms with Gasteiger partial charge in [0, 0.05) is 13.1 Å². The van der Waals surface area contributed by atoms with E-state index in [0.29, 0.717) is 11.0 Å². The molecule has 0 aliphatic rings. The average Bonchev–Trinajstić information content (AvgIpc) is 2.55. The molecule has 0 bridgehead atoms. The fourth-order valence-electron chi connectivity index (χ4n) is 2.04. The summed E-state index contributed by atoms with van der Waals surface area (Å²) in [5.74, 6) is -3.48. The maximum Gasteiger partial charge on any atom is 0.184 e. The second-order valence-electron chi connectivity index (χ2n) is 4.60. The van der Waals surface area contributed by atoms with Crippen LogP contribution in [-0.4, -0.2) is 17.0 Å². The van der Waals surface area contributed by atoms with Gasteiger partial charge in [-0.3, -0.25) is 4.98 Å². The molecule has 112 valence electrons. The van der Waals surface area contributed by atoms with E-state index >= 15 is 0 Å². The largest absolute Gasteiger partial charge is 0.326 e. The lowest BCUT2D eigenvalue weighted by molar-refractivity contribution is 0.496. The molecule has 0 fully saturated rings. The number of halogens is 4. The van der Waals surface area contributed by atoms with Crippen LogP contribution in [0.15, 0.2) is 36.5 Å². The summed E-state index contributed by atoms with van der Waals surface area (Å²) in [5, 5.41) is -0.876. The Hall–Kier alpha value is -2.34. The Morgan fingerprint density at radius 1 is 1.05 bits per heavy atom. The minimum absolute atomic E-state index is 0.249. The molecular weight excluding hydrogens is 315 g/mol. The third-order valence-electron chi connectivity index (χ3n) is 3.22. The first kappa shape index (κ1) is 14.6. The molecule has 0 unspecified atom stereocenters. The zero-order valence-electron chi connectivity index (χ0n) is 11.3. The second-order valence-corrected chi connectivity index (χ2v) is 4.97. The molecule has 0 N–H and O–H groups in total. The van der Waals surface area contributed by atoms with E-state index in [1.807, 2.05) is 6.07 Å². The number of nitrogens with zero attached hydrogens (tertiary/aromatic N) is 3. The lowest BCUT2D eigenvalue weighted by Crippen LogP contribution is -2.14. The summed E-state index contributed by atoms with van der Waals surface area (Å²) in [6, 6.07) is 7.91. The van der Waals surface area contributed by atoms with E-state index in [4.69, 9.17) is 11.6 Å². The number of hydrogen-bond donors (Lipinski definition) is 0. The van der Waals surface area contributed by atoms with Gasteiger partial charge in [-0.1, -0.05) is 23.7 Å². The summed E-state index contributed by atoms with van der Waals surface area (Å²) in [7, 11) is 1.43. The van der Waals surface area contributed by atoms with Crippen molar-refractivity contribution < 1.29 is 13.2 Å². The standard InChI is InChI=1S/C15H9ClF3N3/c1-22(11-6-8(17)13(16)15(19)14(11)18)12-7-20-9-4-2-3-5-10(9)21-12/h2-7H,1H3. The molecule has 0 amide bonds. The molecule has 2 aromatic carbocycles. The summed E-state index contributed by atoms with van der Waals surface area (Å²) in [4.78, 5) is 9.68. The Kier molecular flexibility index (Phi) is 3.62. The van der Waals surface area contributed by atoms with E-state index in [0.717, 1.165) is 6.07 Å². The van der Waals surface area contributed by atoms with Crippen LogP contribution < -0.4 is 4.90 Å². The predicted octanol–water partition coefficient (Wildman–Crippen LogP) is 4.47. The van der Waals surface area contributed by atoms with E-state index in [1.54, 1.807) is 18.2 Å². The van der Waals surface area contributed by atoms with Gasteiger partial charge < -0.3 is 4.90 Å². The summed E-state index contributed by atoms with van der Waals surface area (Å²) in [6.07, 6.45) is 1.40. The van der Waals surface area contributed by atoms with Crippen LogP contribution in [0.25, 0.3) is 11.0 Å². The zero-order valence-corrected chi connectivity index (χ0v) is 12.1. The zero-order chi connectivity index (χ0) is 15.9. The van der Waals surface area contributed by atoms with Gasteiger partial charge in [-0.05, 0) is 12.1 Å². The van der Waals surface area contributed by atoms with Crippen LogP contribution in [0.3, 0.4) is 0 Å². The van der Waals surface area contributed by atoms with Gasteiger partial charge in [0.05, 0.1) is 22.9 Å². The summed E-state index contributed by atoms with van der Waals surface area (Å²) >= 11 is 5.35. The van der Waals surface area contributed by atoms with Gasteiger partial charge in [0.25, 0.3) is 0 Å². The maximum absolute atomic E-state index is 14.0. The SMILES string of the molecule is CN(c1cnc2ccccc2n1)c1cc(F)c(Cl)c(F)c1F. The topological polar surface area (TPSA) is 29.0 Å². The number of hydrogen-bond acceptors (Lipinski definition) is 3. The first-order chi connectivity index (χ1) is 10.5. The number of benzene rings is 2. The Labute approximate surface area is 129 Å². The molecular formula is C15H9ClF3N3. The van der Waals surface area contributed by atoms with Crippen molar-refractivity contribution >= 4 is 34.1 Å². The Morgan fingerprint density at radius 3 is 2.45 bits per heavy atom. The minimum Gasteiger partial charge on any atom is -0.326 e. The van der Waals surface area contributed by atoms with Crippen LogP contribution in [0.5, 0.6) is 0 Å². The molecule has 0 aliphatic carbocycles. The van der Waals surface area contributed by atoms with Crippen molar-refractivity contribution in [1.82, 2.24) is 9.97 Å². The number of para-hydroxylation sites is 2. The van der Waals surface area contributed by atoms with Gasteiger partial charge in [-0.15, -0.1) is 0 Å². The number of rotatable bonds is 2. The van der Waals surface area contributed by atoms with Gasteiger partial charge in [0.2, 0.25) is 0 Å². The summed E-state index contributed by atoms with van der Waals surface area (Å²) in [6.45, 7) is 0. The highest BCUT2D eigenvalue weighted by Gasteiger charge is 2.21. The van der Waals surface area contributed by atoms with E-state index in [9.17, 15) is 13.2 Å². The van der Waals surface area contributed by atoms with Gasteiger partial charge in [0.15, 0.2) is 17.5 Å². The number of fused-ring (bicyclic) bond motifs is 1. The molecule has 0 saturated carbocycles. The number of aromatic nitrogens is 2. The van der Waals surface area contributed by atoms with E-state index in [2.05, 4.69) is 9.97 Å². The molecule has 0 radical (unpaired) electrons. The van der Waals surface area contributed by atoms with Gasteiger partial charge in [0.1, 0.15) is 10.8 Å². The molecule has 22 heavy (non-hydrogen) atoms. The van der Waals surface area contributed by atoms with Gasteiger partial charge in [-0.25, -0.2) is 18.2 Å². The minimum atomic E-state index is -1.43. The van der Waals surface area contributed by atoms with Crippen LogP contribution in [-0.2, 0) is 0 Å². The molecule has 3 rings (SSSR count). The van der Waals surface area contributed by atoms with E-state index < -0.39 is 22.5 Å². The molecule has 7 heteroatoms. The molecule has 1 aromatic heterocycles. The summed E-state index contributed by atoms with van der Waals surface area (Å²) < 4.78 is 41.1. The fraction of sp³-hybridized carbons (Fsp3) is 0.0667. The van der Waals surface area contributed by atoms with Crippen LogP contribution in [0.4, 0.5) is 24.7 Å². The van der Waals surface area contributed by atoms with Crippen LogP contribution in [0.2, 0.25) is 5.02 Å². The van der Waals surface area contributed by atoms with Crippen LogP contribution in [0, 0.1) is 17.5 Å². The maximum atomic E-state index is 14.0. The van der Waals surface area contributed by atoms with Gasteiger partial charge >= 0.3 is 0 Å². The van der Waals surface area contributed by atoms with Crippen molar-refractivity contribution in [3.63, 3.8) is 0 Å². The molecule has 1 heterocycles. The molecule has 3 aromatic rings. The first-order valence-electron chi connectivity index (χ1n) is 6.27. The fourth-order valence-corrected chi connectivity index (χ4v) is 2.17. The van der Waals surface area contributed by atoms with Crippen molar-refractivity contribution in [2.45, 2.75) is 0 Å². The van der Waals surface area contributed by atoms with Crippen molar-refractivity contribution in [1.29, 1.82) is 0 Å². The van der Waals surface area contributed by atoms with Gasteiger partial charge in [-0.2, -0.15) is 0 Å². The highest BCUT2D eigenvalue weighted by molar-refractivity contribution is 6.31. The average molecular weight is 324 g/mol. The monoisotopic (exact) mass is 323 g/mol. The highest BCUT2D eigenvalue weighted by Crippen LogP contribution is 2.32. The summed E-state index contributed by atoms with van der Waals surface area (Å²) in [5.41, 5.74) is 0.930. The molecule has 0 saturated heterocycles. The van der Waals surface area contributed by atoms with E-state index in [1.165, 1.54) is 18.1 Å². The first-order valence-corrected chi connectivity index (χ1v) is 6.65. The second kappa shape index (κ2) is 5.46. The third-order valence-corrected chi connectivity index (χ3v) is 3.57. The third kappa shape index (κ3) is 2.35. The molecule has 0 aliphatic heterocycles. The molecule has 0 spiro atoms. The van der Waals surface area contributed by atoms with Crippen LogP contribution >= 0.6 is 11.6 Å². The van der Waals surface area contributed by atoms with Crippen LogP contribution in [0.1, 0.15) is 0 Å². The van der Waals surface area contributed by atoms with E-state index in [-0.39, 0.29) is 11.5 Å². The molecule has 0 atom stereocenters. The normalized spacial score (nSPS) is 11.0. The quantitative estimate of drug-likeness (QED) is 0.515. The number of anilines is 2. The lowest BCUT2D eigenvalue weighted by Gasteiger charge is -2.19. The van der Waals surface area contributed by atoms with Crippen molar-refractivity contribution in [2.24, 2.45) is 0 Å². The smallest absolute Gasteiger partial charge is 0.184 e. The highest BCUT2D eigenvalue weighted by atomic mass is 35.5. The predicted molar refractivity (Wildman–Crippen MR) is 78.9 cm³/mol. The molecule has 3 nitrogen and oxygen atoms in total. The Bertz CT molecular complexity index is 870.